The van der Waals surface area contributed by atoms with Crippen LogP contribution in [-0.4, -0.2) is 29.6 Å². The third-order valence-electron chi connectivity index (χ3n) is 3.71. The van der Waals surface area contributed by atoms with Gasteiger partial charge in [0.1, 0.15) is 0 Å². The monoisotopic (exact) mass is 234 g/mol. The van der Waals surface area contributed by atoms with Crippen LogP contribution >= 0.6 is 0 Å². The van der Waals surface area contributed by atoms with Crippen LogP contribution < -0.4 is 10.6 Å². The predicted octanol–water partition coefficient (Wildman–Crippen LogP) is 1.91. The second-order valence-electron chi connectivity index (χ2n) is 5.44. The zero-order chi connectivity index (χ0) is 12.1. The molecule has 1 aromatic heterocycles. The molecular weight excluding hydrogens is 212 g/mol. The molecular formula is C13H22N4. The van der Waals surface area contributed by atoms with Gasteiger partial charge in [-0.15, -0.1) is 0 Å². The molecule has 1 aromatic rings. The molecule has 0 aromatic carbocycles. The number of anilines is 1. The van der Waals surface area contributed by atoms with Crippen LogP contribution in [0.5, 0.6) is 0 Å². The first-order valence-corrected chi connectivity index (χ1v) is 6.40. The van der Waals surface area contributed by atoms with E-state index in [2.05, 4.69) is 34.4 Å². The molecule has 0 unspecified atom stereocenters. The fourth-order valence-electron chi connectivity index (χ4n) is 2.44. The number of rotatable bonds is 4. The van der Waals surface area contributed by atoms with Gasteiger partial charge in [0.2, 0.25) is 5.95 Å². The SMILES string of the molecule is CC(C)(CNc1ncccn1)C1CCNCC1. The fourth-order valence-corrected chi connectivity index (χ4v) is 2.44. The number of aromatic nitrogens is 2. The van der Waals surface area contributed by atoms with Crippen LogP contribution in [0.3, 0.4) is 0 Å². The van der Waals surface area contributed by atoms with Gasteiger partial charge < -0.3 is 10.6 Å². The first-order valence-electron chi connectivity index (χ1n) is 6.40. The molecule has 1 saturated heterocycles. The van der Waals surface area contributed by atoms with E-state index in [1.165, 1.54) is 12.8 Å². The molecule has 4 nitrogen and oxygen atoms in total. The molecule has 0 spiro atoms. The predicted molar refractivity (Wildman–Crippen MR) is 69.9 cm³/mol. The Kier molecular flexibility index (Phi) is 3.94. The summed E-state index contributed by atoms with van der Waals surface area (Å²) >= 11 is 0. The second kappa shape index (κ2) is 5.45. The van der Waals surface area contributed by atoms with E-state index >= 15 is 0 Å². The summed E-state index contributed by atoms with van der Waals surface area (Å²) in [5, 5.41) is 6.76. The number of piperidine rings is 1. The molecule has 0 amide bonds. The van der Waals surface area contributed by atoms with E-state index in [0.29, 0.717) is 5.41 Å². The summed E-state index contributed by atoms with van der Waals surface area (Å²) in [6, 6.07) is 1.84. The van der Waals surface area contributed by atoms with Crippen molar-refractivity contribution in [3.63, 3.8) is 0 Å². The molecule has 2 rings (SSSR count). The Hall–Kier alpha value is -1.16. The summed E-state index contributed by atoms with van der Waals surface area (Å²) in [5.41, 5.74) is 0.293. The quantitative estimate of drug-likeness (QED) is 0.835. The van der Waals surface area contributed by atoms with E-state index < -0.39 is 0 Å². The third kappa shape index (κ3) is 3.40. The van der Waals surface area contributed by atoms with Crippen LogP contribution in [0.4, 0.5) is 5.95 Å². The van der Waals surface area contributed by atoms with Crippen molar-refractivity contribution in [1.82, 2.24) is 15.3 Å². The number of hydrogen-bond acceptors (Lipinski definition) is 4. The van der Waals surface area contributed by atoms with E-state index in [-0.39, 0.29) is 0 Å². The minimum absolute atomic E-state index is 0.293. The minimum atomic E-state index is 0.293. The maximum absolute atomic E-state index is 4.19. The summed E-state index contributed by atoms with van der Waals surface area (Å²) in [7, 11) is 0. The van der Waals surface area contributed by atoms with Gasteiger partial charge in [0.25, 0.3) is 0 Å². The Labute approximate surface area is 103 Å². The van der Waals surface area contributed by atoms with Crippen LogP contribution in [0.1, 0.15) is 26.7 Å². The lowest BCUT2D eigenvalue weighted by Gasteiger charge is -2.37. The molecule has 2 N–H and O–H groups in total. The van der Waals surface area contributed by atoms with Crippen LogP contribution in [0.2, 0.25) is 0 Å². The molecule has 0 saturated carbocycles. The maximum Gasteiger partial charge on any atom is 0.222 e. The van der Waals surface area contributed by atoms with Crippen LogP contribution in [0, 0.1) is 11.3 Å². The van der Waals surface area contributed by atoms with Gasteiger partial charge >= 0.3 is 0 Å². The molecule has 1 aliphatic rings. The van der Waals surface area contributed by atoms with Gasteiger partial charge in [-0.3, -0.25) is 0 Å². The van der Waals surface area contributed by atoms with Crippen LogP contribution in [-0.2, 0) is 0 Å². The summed E-state index contributed by atoms with van der Waals surface area (Å²) < 4.78 is 0. The largest absolute Gasteiger partial charge is 0.354 e. The topological polar surface area (TPSA) is 49.8 Å². The van der Waals surface area contributed by atoms with Crippen molar-refractivity contribution in [2.75, 3.05) is 25.0 Å². The standard InChI is InChI=1S/C13H22N4/c1-13(2,11-4-8-14-9-5-11)10-17-12-15-6-3-7-16-12/h3,6-7,11,14H,4-5,8-10H2,1-2H3,(H,15,16,17). The smallest absolute Gasteiger partial charge is 0.222 e. The summed E-state index contributed by atoms with van der Waals surface area (Å²) in [6.07, 6.45) is 6.08. The molecule has 0 atom stereocenters. The molecule has 4 heteroatoms. The Balaban J connectivity index is 1.88. The molecule has 0 bridgehead atoms. The van der Waals surface area contributed by atoms with Crippen molar-refractivity contribution in [3.05, 3.63) is 18.5 Å². The van der Waals surface area contributed by atoms with Gasteiger partial charge in [-0.1, -0.05) is 13.8 Å². The maximum atomic E-state index is 4.19. The zero-order valence-corrected chi connectivity index (χ0v) is 10.7. The Morgan fingerprint density at radius 2 is 1.94 bits per heavy atom. The minimum Gasteiger partial charge on any atom is -0.354 e. The molecule has 2 heterocycles. The average Bonchev–Trinajstić information content (AvgIpc) is 2.39. The molecule has 0 aliphatic carbocycles. The fraction of sp³-hybridized carbons (Fsp3) is 0.692. The molecule has 1 fully saturated rings. The van der Waals surface area contributed by atoms with E-state index in [0.717, 1.165) is 31.5 Å². The lowest BCUT2D eigenvalue weighted by Crippen LogP contribution is -2.39. The van der Waals surface area contributed by atoms with E-state index in [9.17, 15) is 0 Å². The highest BCUT2D eigenvalue weighted by atomic mass is 15.1. The molecule has 0 radical (unpaired) electrons. The number of hydrogen-bond donors (Lipinski definition) is 2. The normalized spacial score (nSPS) is 18.0. The van der Waals surface area contributed by atoms with Gasteiger partial charge in [-0.05, 0) is 43.3 Å². The van der Waals surface area contributed by atoms with Crippen molar-refractivity contribution in [2.24, 2.45) is 11.3 Å². The summed E-state index contributed by atoms with van der Waals surface area (Å²) in [5.74, 6) is 1.51. The van der Waals surface area contributed by atoms with E-state index in [1.54, 1.807) is 12.4 Å². The average molecular weight is 234 g/mol. The van der Waals surface area contributed by atoms with Crippen molar-refractivity contribution in [2.45, 2.75) is 26.7 Å². The molecule has 1 aliphatic heterocycles. The van der Waals surface area contributed by atoms with Crippen LogP contribution in [0.25, 0.3) is 0 Å². The Bertz CT molecular complexity index is 331. The number of nitrogens with one attached hydrogen (secondary N) is 2. The molecule has 17 heavy (non-hydrogen) atoms. The van der Waals surface area contributed by atoms with Gasteiger partial charge in [-0.25, -0.2) is 9.97 Å². The Morgan fingerprint density at radius 1 is 1.29 bits per heavy atom. The van der Waals surface area contributed by atoms with Crippen molar-refractivity contribution in [1.29, 1.82) is 0 Å². The molecule has 94 valence electrons. The van der Waals surface area contributed by atoms with Gasteiger partial charge in [-0.2, -0.15) is 0 Å². The van der Waals surface area contributed by atoms with Gasteiger partial charge in [0.15, 0.2) is 0 Å². The van der Waals surface area contributed by atoms with E-state index in [4.69, 9.17) is 0 Å². The van der Waals surface area contributed by atoms with Crippen molar-refractivity contribution >= 4 is 5.95 Å². The lowest BCUT2D eigenvalue weighted by atomic mass is 9.74. The second-order valence-corrected chi connectivity index (χ2v) is 5.44. The van der Waals surface area contributed by atoms with Gasteiger partial charge in [0.05, 0.1) is 0 Å². The zero-order valence-electron chi connectivity index (χ0n) is 10.7. The Morgan fingerprint density at radius 3 is 2.59 bits per heavy atom. The highest BCUT2D eigenvalue weighted by molar-refractivity contribution is 5.22. The lowest BCUT2D eigenvalue weighted by molar-refractivity contribution is 0.180. The first kappa shape index (κ1) is 12.3. The highest BCUT2D eigenvalue weighted by Gasteiger charge is 2.30. The first-order chi connectivity index (χ1) is 8.18. The third-order valence-corrected chi connectivity index (χ3v) is 3.71. The van der Waals surface area contributed by atoms with Crippen molar-refractivity contribution < 1.29 is 0 Å². The van der Waals surface area contributed by atoms with Crippen molar-refractivity contribution in [3.8, 4) is 0 Å². The van der Waals surface area contributed by atoms with E-state index in [1.807, 2.05) is 6.07 Å². The van der Waals surface area contributed by atoms with Crippen LogP contribution in [0.15, 0.2) is 18.5 Å². The van der Waals surface area contributed by atoms with Gasteiger partial charge in [0, 0.05) is 18.9 Å². The summed E-state index contributed by atoms with van der Waals surface area (Å²) in [4.78, 5) is 8.38. The summed E-state index contributed by atoms with van der Waals surface area (Å²) in [6.45, 7) is 7.89. The number of nitrogens with zero attached hydrogens (tertiary/aromatic N) is 2. The highest BCUT2D eigenvalue weighted by Crippen LogP contribution is 2.33.